The molecule has 4 atom stereocenters. The Labute approximate surface area is 203 Å². The Morgan fingerprint density at radius 2 is 1.71 bits per heavy atom. The van der Waals surface area contributed by atoms with E-state index < -0.39 is 0 Å². The van der Waals surface area contributed by atoms with E-state index in [1.165, 1.54) is 16.7 Å². The number of nitrogens with one attached hydrogen (secondary N) is 1. The molecular weight excluding hydrogens is 444 g/mol. The minimum Gasteiger partial charge on any atom is -0.367 e. The number of ether oxygens (including phenoxy) is 2. The lowest BCUT2D eigenvalue weighted by molar-refractivity contribution is -0.707. The lowest BCUT2D eigenvalue weighted by Gasteiger charge is -2.17. The van der Waals surface area contributed by atoms with Gasteiger partial charge in [-0.25, -0.2) is 9.97 Å². The average Bonchev–Trinajstić information content (AvgIpc) is 3.64. The summed E-state index contributed by atoms with van der Waals surface area (Å²) in [5.74, 6) is 0.620. The maximum absolute atomic E-state index is 6.17. The first-order valence-corrected chi connectivity index (χ1v) is 12.6. The zero-order chi connectivity index (χ0) is 22.7. The van der Waals surface area contributed by atoms with Crippen LogP contribution < -0.4 is 10.6 Å². The van der Waals surface area contributed by atoms with Crippen LogP contribution in [0.2, 0.25) is 0 Å². The fraction of sp³-hybridized carbons (Fsp3) is 0.259. The number of thiophene rings is 1. The van der Waals surface area contributed by atoms with E-state index in [0.717, 1.165) is 17.1 Å². The minimum absolute atomic E-state index is 0.00991. The third kappa shape index (κ3) is 4.48. The van der Waals surface area contributed by atoms with E-state index in [9.17, 15) is 0 Å². The molecule has 0 aliphatic carbocycles. The quantitative estimate of drug-likeness (QED) is 0.431. The molecule has 6 rings (SSSR count). The second-order valence-corrected chi connectivity index (χ2v) is 9.70. The number of quaternary nitrogens is 1. The van der Waals surface area contributed by atoms with Gasteiger partial charge in [0.25, 0.3) is 0 Å². The Morgan fingerprint density at radius 1 is 0.882 bits per heavy atom. The fourth-order valence-electron chi connectivity index (χ4n) is 4.76. The first-order chi connectivity index (χ1) is 16.8. The summed E-state index contributed by atoms with van der Waals surface area (Å²) in [6.07, 6.45) is 1.88. The first-order valence-electron chi connectivity index (χ1n) is 11.7. The third-order valence-electron chi connectivity index (χ3n) is 6.55. The van der Waals surface area contributed by atoms with Crippen LogP contribution in [0.1, 0.15) is 5.56 Å². The van der Waals surface area contributed by atoms with E-state index in [-0.39, 0.29) is 24.3 Å². The highest BCUT2D eigenvalue weighted by Gasteiger charge is 2.49. The van der Waals surface area contributed by atoms with Crippen molar-refractivity contribution in [2.45, 2.75) is 30.8 Å². The van der Waals surface area contributed by atoms with Gasteiger partial charge in [0.15, 0.2) is 0 Å². The van der Waals surface area contributed by atoms with Crippen molar-refractivity contribution in [3.63, 3.8) is 0 Å². The highest BCUT2D eigenvalue weighted by Crippen LogP contribution is 2.28. The van der Waals surface area contributed by atoms with Crippen LogP contribution in [-0.2, 0) is 16.0 Å². The average molecular weight is 472 g/mol. The molecule has 0 spiro atoms. The van der Waals surface area contributed by atoms with Crippen LogP contribution in [-0.4, -0.2) is 47.5 Å². The van der Waals surface area contributed by atoms with Crippen molar-refractivity contribution in [2.24, 2.45) is 0 Å². The van der Waals surface area contributed by atoms with Crippen LogP contribution in [0.15, 0.2) is 84.4 Å². The Hall–Kier alpha value is -3.10. The molecule has 0 radical (unpaired) electrons. The van der Waals surface area contributed by atoms with Gasteiger partial charge in [-0.3, -0.25) is 0 Å². The van der Waals surface area contributed by atoms with E-state index in [1.54, 1.807) is 17.5 Å². The van der Waals surface area contributed by atoms with Gasteiger partial charge in [-0.05, 0) is 28.6 Å². The Kier molecular flexibility index (Phi) is 6.08. The SMILES string of the molecule is c1ccc(-c2ccc(C[NH2+][C@H]3CO[C@H]4[C@@H]3OC[C@@H]4Nc3nccc(-c4cccs4)n3)cc2)cc1. The maximum atomic E-state index is 6.17. The number of rotatable bonds is 7. The molecule has 2 aromatic heterocycles. The largest absolute Gasteiger partial charge is 0.367 e. The minimum atomic E-state index is 0.00991. The lowest BCUT2D eigenvalue weighted by Crippen LogP contribution is -2.91. The number of hydrogen-bond donors (Lipinski definition) is 2. The summed E-state index contributed by atoms with van der Waals surface area (Å²) in [4.78, 5) is 10.2. The highest BCUT2D eigenvalue weighted by atomic mass is 32.1. The second-order valence-electron chi connectivity index (χ2n) is 8.76. The molecule has 0 bridgehead atoms. The van der Waals surface area contributed by atoms with Crippen molar-refractivity contribution in [3.05, 3.63) is 89.9 Å². The first kappa shape index (κ1) is 21.4. The number of nitrogens with zero attached hydrogens (tertiary/aromatic N) is 2. The number of hydrogen-bond acceptors (Lipinski definition) is 6. The van der Waals surface area contributed by atoms with Crippen molar-refractivity contribution in [3.8, 4) is 21.7 Å². The highest BCUT2D eigenvalue weighted by molar-refractivity contribution is 7.13. The van der Waals surface area contributed by atoms with Gasteiger partial charge in [0.05, 0.1) is 23.2 Å². The predicted octanol–water partition coefficient (Wildman–Crippen LogP) is 3.58. The molecule has 2 aliphatic rings. The number of fused-ring (bicyclic) bond motifs is 1. The lowest BCUT2D eigenvalue weighted by atomic mass is 10.0. The summed E-state index contributed by atoms with van der Waals surface area (Å²) in [7, 11) is 0. The van der Waals surface area contributed by atoms with E-state index in [0.29, 0.717) is 19.2 Å². The molecule has 0 unspecified atom stereocenters. The predicted molar refractivity (Wildman–Crippen MR) is 134 cm³/mol. The molecule has 0 saturated carbocycles. The zero-order valence-electron chi connectivity index (χ0n) is 18.7. The van der Waals surface area contributed by atoms with Crippen molar-refractivity contribution >= 4 is 17.3 Å². The maximum Gasteiger partial charge on any atom is 0.223 e. The topological polar surface area (TPSA) is 72.9 Å². The number of nitrogens with two attached hydrogens (primary N) is 1. The summed E-state index contributed by atoms with van der Waals surface area (Å²) in [6.45, 7) is 2.18. The van der Waals surface area contributed by atoms with E-state index in [2.05, 4.69) is 80.6 Å². The van der Waals surface area contributed by atoms with Gasteiger partial charge >= 0.3 is 0 Å². The summed E-state index contributed by atoms with van der Waals surface area (Å²) in [6, 6.07) is 25.7. The Morgan fingerprint density at radius 3 is 2.53 bits per heavy atom. The molecule has 4 heterocycles. The molecule has 3 N–H and O–H groups in total. The van der Waals surface area contributed by atoms with Gasteiger partial charge in [0.2, 0.25) is 5.95 Å². The Bertz CT molecular complexity index is 1220. The van der Waals surface area contributed by atoms with Gasteiger partial charge < -0.3 is 20.1 Å². The molecule has 7 heteroatoms. The van der Waals surface area contributed by atoms with Crippen molar-refractivity contribution in [1.82, 2.24) is 9.97 Å². The number of benzene rings is 2. The summed E-state index contributed by atoms with van der Waals surface area (Å²) in [5.41, 5.74) is 4.72. The third-order valence-corrected chi connectivity index (χ3v) is 7.45. The molecule has 172 valence electrons. The number of anilines is 1. The normalized spacial score (nSPS) is 23.6. The van der Waals surface area contributed by atoms with E-state index in [4.69, 9.17) is 9.47 Å². The van der Waals surface area contributed by atoms with Gasteiger partial charge in [0, 0.05) is 11.8 Å². The molecule has 6 nitrogen and oxygen atoms in total. The van der Waals surface area contributed by atoms with E-state index >= 15 is 0 Å². The van der Waals surface area contributed by atoms with Gasteiger partial charge in [0.1, 0.15) is 31.4 Å². The van der Waals surface area contributed by atoms with Crippen molar-refractivity contribution < 1.29 is 14.8 Å². The molecule has 2 aliphatic heterocycles. The molecular formula is C27H27N4O2S+. The zero-order valence-corrected chi connectivity index (χ0v) is 19.5. The molecule has 0 amide bonds. The van der Waals surface area contributed by atoms with Crippen LogP contribution in [0.5, 0.6) is 0 Å². The number of aromatic nitrogens is 2. The van der Waals surface area contributed by atoms with Crippen molar-refractivity contribution in [2.75, 3.05) is 18.5 Å². The Balaban J connectivity index is 1.05. The fourth-order valence-corrected chi connectivity index (χ4v) is 5.46. The smallest absolute Gasteiger partial charge is 0.223 e. The monoisotopic (exact) mass is 471 g/mol. The second kappa shape index (κ2) is 9.64. The van der Waals surface area contributed by atoms with Crippen LogP contribution >= 0.6 is 11.3 Å². The van der Waals surface area contributed by atoms with Crippen LogP contribution in [0.4, 0.5) is 5.95 Å². The molecule has 2 fully saturated rings. The van der Waals surface area contributed by atoms with Crippen LogP contribution in [0, 0.1) is 0 Å². The van der Waals surface area contributed by atoms with Gasteiger partial charge in [-0.15, -0.1) is 11.3 Å². The summed E-state index contributed by atoms with van der Waals surface area (Å²) in [5, 5.41) is 7.85. The van der Waals surface area contributed by atoms with Crippen LogP contribution in [0.25, 0.3) is 21.7 Å². The summed E-state index contributed by atoms with van der Waals surface area (Å²) >= 11 is 1.67. The summed E-state index contributed by atoms with van der Waals surface area (Å²) < 4.78 is 12.3. The van der Waals surface area contributed by atoms with Crippen LogP contribution in [0.3, 0.4) is 0 Å². The molecule has 34 heavy (non-hydrogen) atoms. The van der Waals surface area contributed by atoms with E-state index in [1.807, 2.05) is 18.2 Å². The van der Waals surface area contributed by atoms with Crippen molar-refractivity contribution in [1.29, 1.82) is 0 Å². The molecule has 2 aromatic carbocycles. The standard InChI is InChI=1S/C27H26N4O2S/c1-2-5-19(6-3-1)20-10-8-18(9-11-20)15-29-22-16-32-26-23(17-33-25(22)26)31-27-28-13-12-21(30-27)24-7-4-14-34-24/h1-14,22-23,25-26,29H,15-17H2,(H,28,30,31)/p+1/t22-,23-,25+,26+/m0/s1. The van der Waals surface area contributed by atoms with Gasteiger partial charge in [-0.2, -0.15) is 0 Å². The molecule has 2 saturated heterocycles. The van der Waals surface area contributed by atoms with Gasteiger partial charge in [-0.1, -0.05) is 60.7 Å². The molecule has 4 aromatic rings.